The van der Waals surface area contributed by atoms with Crippen molar-refractivity contribution < 1.29 is 0 Å². The van der Waals surface area contributed by atoms with Gasteiger partial charge in [0, 0.05) is 30.5 Å². The summed E-state index contributed by atoms with van der Waals surface area (Å²) in [7, 11) is 0. The van der Waals surface area contributed by atoms with Gasteiger partial charge in [-0.2, -0.15) is 0 Å². The molecule has 0 spiro atoms. The van der Waals surface area contributed by atoms with E-state index in [-0.39, 0.29) is 0 Å². The van der Waals surface area contributed by atoms with Gasteiger partial charge in [-0.3, -0.25) is 4.98 Å². The Morgan fingerprint density at radius 3 is 2.75 bits per heavy atom. The molecule has 1 aromatic carbocycles. The average molecular weight is 210 g/mol. The summed E-state index contributed by atoms with van der Waals surface area (Å²) in [5, 5.41) is 3.45. The third kappa shape index (κ3) is 1.56. The molecule has 1 unspecified atom stereocenters. The molecular weight excluding hydrogens is 196 g/mol. The predicted octanol–water partition coefficient (Wildman–Crippen LogP) is 3.03. The maximum atomic E-state index is 4.08. The van der Waals surface area contributed by atoms with Crippen LogP contribution in [-0.2, 0) is 0 Å². The Morgan fingerprint density at radius 1 is 1.06 bits per heavy atom. The molecule has 0 saturated heterocycles. The molecule has 1 aliphatic heterocycles. The van der Waals surface area contributed by atoms with Gasteiger partial charge in [0.05, 0.1) is 0 Å². The Balaban J connectivity index is 2.05. The number of nitrogens with one attached hydrogen (secondary N) is 1. The van der Waals surface area contributed by atoms with Crippen molar-refractivity contribution in [3.63, 3.8) is 0 Å². The lowest BCUT2D eigenvalue weighted by atomic mass is 9.86. The number of hydrogen-bond acceptors (Lipinski definition) is 2. The summed E-state index contributed by atoms with van der Waals surface area (Å²) >= 11 is 0. The molecule has 80 valence electrons. The number of aromatic nitrogens is 1. The van der Waals surface area contributed by atoms with Crippen molar-refractivity contribution in [1.29, 1.82) is 0 Å². The normalized spacial score (nSPS) is 18.6. The third-order valence-corrected chi connectivity index (χ3v) is 3.19. The number of anilines is 1. The molecule has 0 fully saturated rings. The summed E-state index contributed by atoms with van der Waals surface area (Å²) in [4.78, 5) is 4.08. The van der Waals surface area contributed by atoms with Crippen LogP contribution in [0.4, 0.5) is 5.69 Å². The van der Waals surface area contributed by atoms with Crippen LogP contribution in [0.5, 0.6) is 0 Å². The van der Waals surface area contributed by atoms with Gasteiger partial charge in [0.25, 0.3) is 0 Å². The molecule has 0 amide bonds. The van der Waals surface area contributed by atoms with E-state index in [0.717, 1.165) is 13.0 Å². The molecule has 2 nitrogen and oxygen atoms in total. The second-order valence-corrected chi connectivity index (χ2v) is 4.14. The number of nitrogens with zero attached hydrogens (tertiary/aromatic N) is 1. The number of pyridine rings is 1. The molecule has 3 rings (SSSR count). The second kappa shape index (κ2) is 3.97. The molecule has 1 aromatic heterocycles. The number of hydrogen-bond donors (Lipinski definition) is 1. The third-order valence-electron chi connectivity index (χ3n) is 3.19. The molecular formula is C14H14N2. The number of rotatable bonds is 1. The quantitative estimate of drug-likeness (QED) is 0.782. The van der Waals surface area contributed by atoms with Gasteiger partial charge >= 0.3 is 0 Å². The van der Waals surface area contributed by atoms with Crippen molar-refractivity contribution in [3.8, 4) is 0 Å². The van der Waals surface area contributed by atoms with Gasteiger partial charge in [-0.1, -0.05) is 18.2 Å². The molecule has 2 heterocycles. The van der Waals surface area contributed by atoms with Crippen LogP contribution < -0.4 is 5.32 Å². The van der Waals surface area contributed by atoms with Crippen molar-refractivity contribution in [2.45, 2.75) is 12.3 Å². The standard InChI is InChI=1S/C14H14N2/c1-2-4-14-13(3-1)12(7-10-16-14)11-5-8-15-9-6-11/h1-6,8-9,12,16H,7,10H2. The van der Waals surface area contributed by atoms with E-state index in [4.69, 9.17) is 0 Å². The van der Waals surface area contributed by atoms with E-state index in [9.17, 15) is 0 Å². The highest BCUT2D eigenvalue weighted by molar-refractivity contribution is 5.57. The van der Waals surface area contributed by atoms with Crippen LogP contribution in [-0.4, -0.2) is 11.5 Å². The van der Waals surface area contributed by atoms with E-state index < -0.39 is 0 Å². The first-order valence-corrected chi connectivity index (χ1v) is 5.68. The van der Waals surface area contributed by atoms with E-state index in [2.05, 4.69) is 46.7 Å². The monoisotopic (exact) mass is 210 g/mol. The number of benzene rings is 1. The Bertz CT molecular complexity index is 479. The van der Waals surface area contributed by atoms with Gasteiger partial charge in [0.2, 0.25) is 0 Å². The lowest BCUT2D eigenvalue weighted by Crippen LogP contribution is -2.17. The average Bonchev–Trinajstić information content (AvgIpc) is 2.39. The Labute approximate surface area is 95.3 Å². The zero-order chi connectivity index (χ0) is 10.8. The molecule has 0 bridgehead atoms. The first-order chi connectivity index (χ1) is 7.95. The summed E-state index contributed by atoms with van der Waals surface area (Å²) in [6, 6.07) is 12.8. The zero-order valence-corrected chi connectivity index (χ0v) is 9.06. The minimum absolute atomic E-state index is 0.514. The molecule has 1 aliphatic rings. The molecule has 1 atom stereocenters. The Morgan fingerprint density at radius 2 is 1.88 bits per heavy atom. The molecule has 0 saturated carbocycles. The predicted molar refractivity (Wildman–Crippen MR) is 65.6 cm³/mol. The topological polar surface area (TPSA) is 24.9 Å². The summed E-state index contributed by atoms with van der Waals surface area (Å²) in [6.45, 7) is 1.05. The van der Waals surface area contributed by atoms with Crippen molar-refractivity contribution in [2.24, 2.45) is 0 Å². The van der Waals surface area contributed by atoms with E-state index in [1.807, 2.05) is 12.4 Å². The highest BCUT2D eigenvalue weighted by Gasteiger charge is 2.20. The first-order valence-electron chi connectivity index (χ1n) is 5.68. The van der Waals surface area contributed by atoms with Crippen LogP contribution >= 0.6 is 0 Å². The van der Waals surface area contributed by atoms with Crippen molar-refractivity contribution in [2.75, 3.05) is 11.9 Å². The van der Waals surface area contributed by atoms with E-state index in [0.29, 0.717) is 5.92 Å². The molecule has 1 N–H and O–H groups in total. The molecule has 0 aliphatic carbocycles. The summed E-state index contributed by atoms with van der Waals surface area (Å²) < 4.78 is 0. The van der Waals surface area contributed by atoms with E-state index in [1.54, 1.807) is 0 Å². The first kappa shape index (κ1) is 9.40. The minimum Gasteiger partial charge on any atom is -0.385 e. The smallest absolute Gasteiger partial charge is 0.0379 e. The molecule has 16 heavy (non-hydrogen) atoms. The van der Waals surface area contributed by atoms with Crippen molar-refractivity contribution >= 4 is 5.69 Å². The summed E-state index contributed by atoms with van der Waals surface area (Å²) in [5.74, 6) is 0.514. The Hall–Kier alpha value is -1.83. The van der Waals surface area contributed by atoms with E-state index >= 15 is 0 Å². The van der Waals surface area contributed by atoms with Crippen LogP contribution in [0.25, 0.3) is 0 Å². The fraction of sp³-hybridized carbons (Fsp3) is 0.214. The molecule has 2 aromatic rings. The van der Waals surface area contributed by atoms with Crippen LogP contribution in [0.15, 0.2) is 48.8 Å². The number of fused-ring (bicyclic) bond motifs is 1. The van der Waals surface area contributed by atoms with Gasteiger partial charge in [-0.15, -0.1) is 0 Å². The van der Waals surface area contributed by atoms with E-state index in [1.165, 1.54) is 16.8 Å². The van der Waals surface area contributed by atoms with Crippen molar-refractivity contribution in [1.82, 2.24) is 4.98 Å². The maximum Gasteiger partial charge on any atom is 0.0379 e. The van der Waals surface area contributed by atoms with Crippen molar-refractivity contribution in [3.05, 3.63) is 59.9 Å². The Kier molecular flexibility index (Phi) is 2.33. The van der Waals surface area contributed by atoms with Crippen LogP contribution in [0.1, 0.15) is 23.5 Å². The lowest BCUT2D eigenvalue weighted by molar-refractivity contribution is 0.719. The van der Waals surface area contributed by atoms with Gasteiger partial charge in [-0.05, 0) is 35.7 Å². The second-order valence-electron chi connectivity index (χ2n) is 4.14. The van der Waals surface area contributed by atoms with Gasteiger partial charge in [0.1, 0.15) is 0 Å². The van der Waals surface area contributed by atoms with Crippen LogP contribution in [0, 0.1) is 0 Å². The SMILES string of the molecule is c1ccc2c(c1)NCCC2c1ccncc1. The largest absolute Gasteiger partial charge is 0.385 e. The fourth-order valence-electron chi connectivity index (χ4n) is 2.41. The lowest BCUT2D eigenvalue weighted by Gasteiger charge is -2.26. The minimum atomic E-state index is 0.514. The molecule has 0 radical (unpaired) electrons. The van der Waals surface area contributed by atoms with Gasteiger partial charge in [0.15, 0.2) is 0 Å². The van der Waals surface area contributed by atoms with Gasteiger partial charge < -0.3 is 5.32 Å². The zero-order valence-electron chi connectivity index (χ0n) is 9.06. The maximum absolute atomic E-state index is 4.08. The van der Waals surface area contributed by atoms with Crippen LogP contribution in [0.3, 0.4) is 0 Å². The summed E-state index contributed by atoms with van der Waals surface area (Å²) in [5.41, 5.74) is 4.04. The molecule has 2 heteroatoms. The number of para-hydroxylation sites is 1. The van der Waals surface area contributed by atoms with Gasteiger partial charge in [-0.25, -0.2) is 0 Å². The summed E-state index contributed by atoms with van der Waals surface area (Å²) in [6.07, 6.45) is 4.90. The van der Waals surface area contributed by atoms with Crippen LogP contribution in [0.2, 0.25) is 0 Å². The highest BCUT2D eigenvalue weighted by Crippen LogP contribution is 2.35. The fourth-order valence-corrected chi connectivity index (χ4v) is 2.41. The highest BCUT2D eigenvalue weighted by atomic mass is 14.9.